The Morgan fingerprint density at radius 2 is 1.75 bits per heavy atom. The van der Waals surface area contributed by atoms with Crippen molar-refractivity contribution in [3.8, 4) is 0 Å². The number of carbonyl (C=O) groups is 2. The first-order valence-electron chi connectivity index (χ1n) is 6.60. The van der Waals surface area contributed by atoms with E-state index in [-0.39, 0.29) is 18.7 Å². The van der Waals surface area contributed by atoms with Gasteiger partial charge in [0.15, 0.2) is 0 Å². The van der Waals surface area contributed by atoms with Crippen molar-refractivity contribution in [1.29, 1.82) is 0 Å². The number of nitrogens with one attached hydrogen (secondary N) is 1. The maximum atomic E-state index is 11.4. The zero-order chi connectivity index (χ0) is 14.4. The van der Waals surface area contributed by atoms with Crippen LogP contribution in [0, 0.1) is 0 Å². The van der Waals surface area contributed by atoms with Crippen molar-refractivity contribution in [2.45, 2.75) is 19.3 Å². The van der Waals surface area contributed by atoms with Crippen LogP contribution in [0.25, 0.3) is 10.8 Å². The molecule has 0 aliphatic rings. The summed E-state index contributed by atoms with van der Waals surface area (Å²) in [6.07, 6.45) is 0.455. The van der Waals surface area contributed by atoms with Gasteiger partial charge >= 0.3 is 0 Å². The maximum Gasteiger partial charge on any atom is 0.220 e. The molecule has 0 fully saturated rings. The van der Waals surface area contributed by atoms with Crippen LogP contribution < -0.4 is 10.4 Å². The predicted molar refractivity (Wildman–Crippen MR) is 74.9 cm³/mol. The second-order valence-electron chi connectivity index (χ2n) is 4.61. The van der Waals surface area contributed by atoms with Crippen LogP contribution >= 0.6 is 0 Å². The first-order valence-corrected chi connectivity index (χ1v) is 6.60. The van der Waals surface area contributed by atoms with Crippen LogP contribution in [-0.4, -0.2) is 18.4 Å². The molecule has 0 aliphatic heterocycles. The van der Waals surface area contributed by atoms with Crippen LogP contribution in [0.1, 0.15) is 18.4 Å². The largest absolute Gasteiger partial charge is 0.550 e. The summed E-state index contributed by atoms with van der Waals surface area (Å²) in [7, 11) is 0. The summed E-state index contributed by atoms with van der Waals surface area (Å²) >= 11 is 0. The Morgan fingerprint density at radius 3 is 2.55 bits per heavy atom. The third-order valence-electron chi connectivity index (χ3n) is 3.15. The van der Waals surface area contributed by atoms with Gasteiger partial charge in [0, 0.05) is 18.9 Å². The second kappa shape index (κ2) is 6.70. The van der Waals surface area contributed by atoms with Crippen molar-refractivity contribution in [3.63, 3.8) is 0 Å². The van der Waals surface area contributed by atoms with Crippen molar-refractivity contribution in [2.75, 3.05) is 6.54 Å². The number of hydrogen-bond acceptors (Lipinski definition) is 3. The summed E-state index contributed by atoms with van der Waals surface area (Å²) in [6.45, 7) is 0.500. The van der Waals surface area contributed by atoms with E-state index in [0.29, 0.717) is 6.54 Å². The van der Waals surface area contributed by atoms with E-state index < -0.39 is 5.97 Å². The third kappa shape index (κ3) is 3.82. The molecule has 0 unspecified atom stereocenters. The van der Waals surface area contributed by atoms with Gasteiger partial charge in [0.2, 0.25) is 5.91 Å². The molecule has 0 radical (unpaired) electrons. The zero-order valence-electron chi connectivity index (χ0n) is 11.1. The fourth-order valence-electron chi connectivity index (χ4n) is 2.15. The van der Waals surface area contributed by atoms with E-state index in [1.54, 1.807) is 0 Å². The Morgan fingerprint density at radius 1 is 1.00 bits per heavy atom. The summed E-state index contributed by atoms with van der Waals surface area (Å²) in [5, 5.41) is 15.3. The van der Waals surface area contributed by atoms with Crippen molar-refractivity contribution < 1.29 is 14.7 Å². The highest BCUT2D eigenvalue weighted by Crippen LogP contribution is 2.18. The van der Waals surface area contributed by atoms with Gasteiger partial charge in [-0.25, -0.2) is 0 Å². The number of hydrogen-bond donors (Lipinski definition) is 1. The van der Waals surface area contributed by atoms with Crippen LogP contribution in [0.4, 0.5) is 0 Å². The van der Waals surface area contributed by atoms with E-state index in [0.717, 1.165) is 6.42 Å². The molecule has 2 aromatic rings. The minimum atomic E-state index is -1.20. The van der Waals surface area contributed by atoms with Gasteiger partial charge in [-0.3, -0.25) is 4.79 Å². The van der Waals surface area contributed by atoms with Crippen LogP contribution in [0.3, 0.4) is 0 Å². The van der Waals surface area contributed by atoms with E-state index in [1.807, 2.05) is 24.3 Å². The Balaban J connectivity index is 1.90. The Hall–Kier alpha value is -2.36. The molecule has 4 heteroatoms. The standard InChI is InChI=1S/C16H17NO3/c18-15(8-9-16(19)20)17-11-10-13-6-3-5-12-4-1-2-7-14(12)13/h1-7H,8-11H2,(H,17,18)(H,19,20)/p-1. The van der Waals surface area contributed by atoms with Gasteiger partial charge in [0.1, 0.15) is 0 Å². The predicted octanol–water partition coefficient (Wildman–Crippen LogP) is 1.03. The Kier molecular flexibility index (Phi) is 4.71. The van der Waals surface area contributed by atoms with Crippen LogP contribution in [0.15, 0.2) is 42.5 Å². The third-order valence-corrected chi connectivity index (χ3v) is 3.15. The molecule has 0 aromatic heterocycles. The summed E-state index contributed by atoms with van der Waals surface area (Å²) < 4.78 is 0. The molecule has 2 aromatic carbocycles. The van der Waals surface area contributed by atoms with Gasteiger partial charge in [0.25, 0.3) is 0 Å². The second-order valence-corrected chi connectivity index (χ2v) is 4.61. The molecule has 0 saturated carbocycles. The van der Waals surface area contributed by atoms with Gasteiger partial charge in [-0.15, -0.1) is 0 Å². The number of amides is 1. The molecule has 2 rings (SSSR count). The molecule has 0 spiro atoms. The minimum Gasteiger partial charge on any atom is -0.550 e. The molecule has 0 bridgehead atoms. The van der Waals surface area contributed by atoms with Crippen molar-refractivity contribution >= 4 is 22.6 Å². The number of fused-ring (bicyclic) bond motifs is 1. The molecule has 0 heterocycles. The summed E-state index contributed by atoms with van der Waals surface area (Å²) in [5.41, 5.74) is 1.17. The molecule has 0 saturated heterocycles. The summed E-state index contributed by atoms with van der Waals surface area (Å²) in [4.78, 5) is 21.7. The SMILES string of the molecule is O=C([O-])CCC(=O)NCCc1cccc2ccccc12. The molecular formula is C16H16NO3-. The monoisotopic (exact) mass is 270 g/mol. The Bertz CT molecular complexity index is 617. The molecular weight excluding hydrogens is 254 g/mol. The van der Waals surface area contributed by atoms with Crippen molar-refractivity contribution in [1.82, 2.24) is 5.32 Å². The highest BCUT2D eigenvalue weighted by atomic mass is 16.4. The zero-order valence-corrected chi connectivity index (χ0v) is 11.1. The van der Waals surface area contributed by atoms with E-state index in [4.69, 9.17) is 0 Å². The van der Waals surface area contributed by atoms with Crippen LogP contribution in [0.2, 0.25) is 0 Å². The van der Waals surface area contributed by atoms with Crippen LogP contribution in [-0.2, 0) is 16.0 Å². The van der Waals surface area contributed by atoms with E-state index >= 15 is 0 Å². The van der Waals surface area contributed by atoms with Gasteiger partial charge < -0.3 is 15.2 Å². The number of carbonyl (C=O) groups excluding carboxylic acids is 2. The average molecular weight is 270 g/mol. The Labute approximate surface area is 117 Å². The number of carboxylic acid groups (broad SMARTS) is 1. The number of benzene rings is 2. The normalized spacial score (nSPS) is 10.4. The average Bonchev–Trinajstić information content (AvgIpc) is 2.45. The number of rotatable bonds is 6. The van der Waals surface area contributed by atoms with E-state index in [2.05, 4.69) is 23.5 Å². The number of carboxylic acids is 1. The summed E-state index contributed by atoms with van der Waals surface area (Å²) in [6, 6.07) is 14.2. The molecule has 20 heavy (non-hydrogen) atoms. The minimum absolute atomic E-state index is 0.0299. The highest BCUT2D eigenvalue weighted by molar-refractivity contribution is 5.85. The molecule has 1 N–H and O–H groups in total. The van der Waals surface area contributed by atoms with Crippen LogP contribution in [0.5, 0.6) is 0 Å². The van der Waals surface area contributed by atoms with Gasteiger partial charge in [-0.1, -0.05) is 42.5 Å². The molecule has 0 atom stereocenters. The van der Waals surface area contributed by atoms with Crippen molar-refractivity contribution in [2.24, 2.45) is 0 Å². The smallest absolute Gasteiger partial charge is 0.220 e. The molecule has 0 aliphatic carbocycles. The number of aliphatic carboxylic acids is 1. The lowest BCUT2D eigenvalue weighted by Gasteiger charge is -2.08. The van der Waals surface area contributed by atoms with Gasteiger partial charge in [-0.2, -0.15) is 0 Å². The first-order chi connectivity index (χ1) is 9.66. The highest BCUT2D eigenvalue weighted by Gasteiger charge is 2.03. The van der Waals surface area contributed by atoms with E-state index in [9.17, 15) is 14.7 Å². The topological polar surface area (TPSA) is 69.2 Å². The molecule has 104 valence electrons. The summed E-state index contributed by atoms with van der Waals surface area (Å²) in [5.74, 6) is -1.45. The lowest BCUT2D eigenvalue weighted by molar-refractivity contribution is -0.305. The first kappa shape index (κ1) is 14.1. The maximum absolute atomic E-state index is 11.4. The lowest BCUT2D eigenvalue weighted by Crippen LogP contribution is -2.29. The van der Waals surface area contributed by atoms with Crippen molar-refractivity contribution in [3.05, 3.63) is 48.0 Å². The lowest BCUT2D eigenvalue weighted by atomic mass is 10.0. The molecule has 1 amide bonds. The molecule has 4 nitrogen and oxygen atoms in total. The van der Waals surface area contributed by atoms with E-state index in [1.165, 1.54) is 16.3 Å². The quantitative estimate of drug-likeness (QED) is 0.852. The fourth-order valence-corrected chi connectivity index (χ4v) is 2.15. The fraction of sp³-hybridized carbons (Fsp3) is 0.250. The van der Waals surface area contributed by atoms with Gasteiger partial charge in [-0.05, 0) is 29.2 Å². The van der Waals surface area contributed by atoms with Gasteiger partial charge in [0.05, 0.1) is 0 Å².